The Balaban J connectivity index is 2.29. The Morgan fingerprint density at radius 3 is 2.62 bits per heavy atom. The van der Waals surface area contributed by atoms with Crippen LogP contribution in [0, 0.1) is 11.8 Å². The predicted octanol–water partition coefficient (Wildman–Crippen LogP) is 2.70. The lowest BCUT2D eigenvalue weighted by Gasteiger charge is -2.03. The molecule has 0 unspecified atom stereocenters. The molecule has 2 bridgehead atoms. The van der Waals surface area contributed by atoms with Crippen molar-refractivity contribution in [1.29, 1.82) is 0 Å². The van der Waals surface area contributed by atoms with Gasteiger partial charge < -0.3 is 0 Å². The first-order valence-electron chi connectivity index (χ1n) is 3.23. The Labute approximate surface area is 58.1 Å². The number of halogens is 1. The van der Waals surface area contributed by atoms with Gasteiger partial charge in [-0.15, -0.1) is 0 Å². The average molecular weight is 173 g/mol. The Kier molecular flexibility index (Phi) is 1.01. The maximum atomic E-state index is 3.56. The first-order valence-corrected chi connectivity index (χ1v) is 4.03. The lowest BCUT2D eigenvalue weighted by molar-refractivity contribution is 0.688. The molecule has 0 radical (unpaired) electrons. The van der Waals surface area contributed by atoms with E-state index in [-0.39, 0.29) is 0 Å². The summed E-state index contributed by atoms with van der Waals surface area (Å²) >= 11 is 3.56. The van der Waals surface area contributed by atoms with Crippen LogP contribution in [0.25, 0.3) is 0 Å². The van der Waals surface area contributed by atoms with Crippen molar-refractivity contribution in [2.45, 2.75) is 19.3 Å². The van der Waals surface area contributed by atoms with E-state index >= 15 is 0 Å². The molecule has 8 heavy (non-hydrogen) atoms. The number of hydrogen-bond donors (Lipinski definition) is 0. The molecule has 2 atom stereocenters. The Hall–Kier alpha value is 0.220. The van der Waals surface area contributed by atoms with Gasteiger partial charge in [0.05, 0.1) is 0 Å². The van der Waals surface area contributed by atoms with Crippen molar-refractivity contribution in [2.24, 2.45) is 11.8 Å². The molecule has 0 saturated heterocycles. The van der Waals surface area contributed by atoms with E-state index < -0.39 is 0 Å². The van der Waals surface area contributed by atoms with Crippen LogP contribution in [0.1, 0.15) is 19.3 Å². The smallest absolute Gasteiger partial charge is 0.00552 e. The Morgan fingerprint density at radius 2 is 2.38 bits per heavy atom. The summed E-state index contributed by atoms with van der Waals surface area (Å²) < 4.78 is 1.48. The van der Waals surface area contributed by atoms with Crippen LogP contribution in [0.3, 0.4) is 0 Å². The van der Waals surface area contributed by atoms with E-state index in [2.05, 4.69) is 22.0 Å². The quantitative estimate of drug-likeness (QED) is 0.528. The number of hydrogen-bond acceptors (Lipinski definition) is 0. The van der Waals surface area contributed by atoms with Crippen molar-refractivity contribution in [2.75, 3.05) is 0 Å². The van der Waals surface area contributed by atoms with Crippen LogP contribution in [0.2, 0.25) is 0 Å². The van der Waals surface area contributed by atoms with Crippen LogP contribution < -0.4 is 0 Å². The van der Waals surface area contributed by atoms with E-state index in [1.165, 1.54) is 23.7 Å². The molecule has 0 N–H and O–H groups in total. The highest BCUT2D eigenvalue weighted by molar-refractivity contribution is 9.11. The molecule has 44 valence electrons. The maximum Gasteiger partial charge on any atom is -0.00552 e. The second-order valence-corrected chi connectivity index (χ2v) is 3.74. The molecule has 0 heterocycles. The van der Waals surface area contributed by atoms with Crippen molar-refractivity contribution in [1.82, 2.24) is 0 Å². The van der Waals surface area contributed by atoms with Gasteiger partial charge in [-0.3, -0.25) is 0 Å². The highest BCUT2D eigenvalue weighted by Crippen LogP contribution is 2.45. The van der Waals surface area contributed by atoms with E-state index in [0.29, 0.717) is 0 Å². The second kappa shape index (κ2) is 1.60. The van der Waals surface area contributed by atoms with Gasteiger partial charge in [-0.25, -0.2) is 0 Å². The van der Waals surface area contributed by atoms with Crippen molar-refractivity contribution in [3.8, 4) is 0 Å². The SMILES string of the molecule is BrC1=C[C@@H]2CC[C@H]1C2. The van der Waals surface area contributed by atoms with Crippen LogP contribution in [0.4, 0.5) is 0 Å². The average Bonchev–Trinajstić information content (AvgIpc) is 2.23. The molecule has 0 amide bonds. The van der Waals surface area contributed by atoms with Crippen LogP contribution in [-0.4, -0.2) is 0 Å². The third-order valence-electron chi connectivity index (χ3n) is 2.26. The van der Waals surface area contributed by atoms with Crippen molar-refractivity contribution in [3.63, 3.8) is 0 Å². The van der Waals surface area contributed by atoms with Crippen LogP contribution in [0.15, 0.2) is 10.6 Å². The van der Waals surface area contributed by atoms with E-state index in [9.17, 15) is 0 Å². The first kappa shape index (κ1) is 5.04. The molecule has 1 fully saturated rings. The third-order valence-corrected chi connectivity index (χ3v) is 3.17. The van der Waals surface area contributed by atoms with Crippen LogP contribution >= 0.6 is 15.9 Å². The molecule has 0 spiro atoms. The zero-order valence-electron chi connectivity index (χ0n) is 4.73. The van der Waals surface area contributed by atoms with E-state index in [1.54, 1.807) is 0 Å². The maximum absolute atomic E-state index is 3.56. The number of fused-ring (bicyclic) bond motifs is 2. The summed E-state index contributed by atoms with van der Waals surface area (Å²) in [5.41, 5.74) is 0. The van der Waals surface area contributed by atoms with Gasteiger partial charge in [0, 0.05) is 0 Å². The number of rotatable bonds is 0. The fourth-order valence-electron chi connectivity index (χ4n) is 1.78. The summed E-state index contributed by atoms with van der Waals surface area (Å²) in [6.45, 7) is 0. The van der Waals surface area contributed by atoms with Gasteiger partial charge in [-0.1, -0.05) is 22.0 Å². The molecule has 1 saturated carbocycles. The monoisotopic (exact) mass is 172 g/mol. The normalized spacial score (nSPS) is 42.9. The lowest BCUT2D eigenvalue weighted by Crippen LogP contribution is -1.88. The lowest BCUT2D eigenvalue weighted by atomic mass is 10.1. The zero-order valence-corrected chi connectivity index (χ0v) is 6.32. The minimum atomic E-state index is 0.917. The Bertz CT molecular complexity index is 137. The van der Waals surface area contributed by atoms with Gasteiger partial charge in [-0.2, -0.15) is 0 Å². The molecule has 0 aromatic rings. The summed E-state index contributed by atoms with van der Waals surface area (Å²) in [5, 5.41) is 0. The topological polar surface area (TPSA) is 0 Å². The molecular weight excluding hydrogens is 164 g/mol. The molecule has 0 aromatic carbocycles. The van der Waals surface area contributed by atoms with Crippen molar-refractivity contribution in [3.05, 3.63) is 10.6 Å². The van der Waals surface area contributed by atoms with Gasteiger partial charge in [0.15, 0.2) is 0 Å². The summed E-state index contributed by atoms with van der Waals surface area (Å²) in [4.78, 5) is 0. The van der Waals surface area contributed by atoms with E-state index in [0.717, 1.165) is 11.8 Å². The summed E-state index contributed by atoms with van der Waals surface area (Å²) in [5.74, 6) is 1.86. The van der Waals surface area contributed by atoms with Crippen LogP contribution in [0.5, 0.6) is 0 Å². The first-order chi connectivity index (χ1) is 3.86. The minimum absolute atomic E-state index is 0.917. The van der Waals surface area contributed by atoms with Gasteiger partial charge in [0.25, 0.3) is 0 Å². The Morgan fingerprint density at radius 1 is 1.50 bits per heavy atom. The predicted molar refractivity (Wildman–Crippen MR) is 37.8 cm³/mol. The molecule has 0 aliphatic heterocycles. The third kappa shape index (κ3) is 0.572. The van der Waals surface area contributed by atoms with Crippen molar-refractivity contribution >= 4 is 15.9 Å². The van der Waals surface area contributed by atoms with Crippen LogP contribution in [-0.2, 0) is 0 Å². The van der Waals surface area contributed by atoms with E-state index in [1.807, 2.05) is 0 Å². The molecule has 2 aliphatic rings. The molecular formula is C7H9Br. The van der Waals surface area contributed by atoms with Gasteiger partial charge in [0.1, 0.15) is 0 Å². The minimum Gasteiger partial charge on any atom is -0.0709 e. The molecule has 0 nitrogen and oxygen atoms in total. The van der Waals surface area contributed by atoms with Gasteiger partial charge >= 0.3 is 0 Å². The molecule has 2 aliphatic carbocycles. The zero-order chi connectivity index (χ0) is 5.56. The van der Waals surface area contributed by atoms with Crippen molar-refractivity contribution < 1.29 is 0 Å². The highest BCUT2D eigenvalue weighted by Gasteiger charge is 2.30. The molecule has 1 heteroatoms. The molecule has 0 aromatic heterocycles. The fourth-order valence-corrected chi connectivity index (χ4v) is 2.57. The standard InChI is InChI=1S/C7H9Br/c8-7-4-5-1-2-6(7)3-5/h4-6H,1-3H2/t5-,6+/m1/s1. The number of allylic oxidation sites excluding steroid dienone is 2. The van der Waals surface area contributed by atoms with E-state index in [4.69, 9.17) is 0 Å². The fraction of sp³-hybridized carbons (Fsp3) is 0.714. The molecule has 2 rings (SSSR count). The second-order valence-electron chi connectivity index (χ2n) is 2.82. The summed E-state index contributed by atoms with van der Waals surface area (Å²) in [6, 6.07) is 0. The highest BCUT2D eigenvalue weighted by atomic mass is 79.9. The largest absolute Gasteiger partial charge is 0.0709 e. The van der Waals surface area contributed by atoms with Gasteiger partial charge in [-0.05, 0) is 35.6 Å². The summed E-state index contributed by atoms with van der Waals surface area (Å²) in [6.07, 6.45) is 6.69. The summed E-state index contributed by atoms with van der Waals surface area (Å²) in [7, 11) is 0. The van der Waals surface area contributed by atoms with Gasteiger partial charge in [0.2, 0.25) is 0 Å².